The Morgan fingerprint density at radius 2 is 1.73 bits per heavy atom. The second kappa shape index (κ2) is 6.57. The van der Waals surface area contributed by atoms with Crippen molar-refractivity contribution >= 4 is 28.7 Å². The summed E-state index contributed by atoms with van der Waals surface area (Å²) < 4.78 is 38.0. The molecule has 7 heteroatoms. The van der Waals surface area contributed by atoms with Crippen molar-refractivity contribution in [2.45, 2.75) is 6.18 Å². The third-order valence-electron chi connectivity index (χ3n) is 2.63. The SMILES string of the molecule is O=C(/C=C/N(C(=O)C(F)(F)F)c1ccccc1)c1cccs1. The molecule has 1 amide bonds. The molecule has 0 unspecified atom stereocenters. The highest BCUT2D eigenvalue weighted by Crippen LogP contribution is 2.24. The number of carbonyl (C=O) groups is 2. The van der Waals surface area contributed by atoms with Crippen molar-refractivity contribution in [3.05, 3.63) is 65.0 Å². The summed E-state index contributed by atoms with van der Waals surface area (Å²) in [5.74, 6) is -2.53. The number of halogens is 3. The van der Waals surface area contributed by atoms with Crippen LogP contribution in [0.4, 0.5) is 18.9 Å². The predicted octanol–water partition coefficient (Wildman–Crippen LogP) is 4.04. The molecule has 0 aliphatic rings. The molecule has 2 aromatic rings. The number of benzene rings is 1. The van der Waals surface area contributed by atoms with Crippen molar-refractivity contribution in [1.29, 1.82) is 0 Å². The van der Waals surface area contributed by atoms with E-state index >= 15 is 0 Å². The first-order valence-electron chi connectivity index (χ1n) is 6.11. The Kier molecular flexibility index (Phi) is 4.77. The number of carbonyl (C=O) groups excluding carboxylic acids is 2. The Hall–Kier alpha value is -2.41. The van der Waals surface area contributed by atoms with Gasteiger partial charge in [-0.2, -0.15) is 13.2 Å². The molecule has 1 aromatic heterocycles. The first-order chi connectivity index (χ1) is 10.4. The molecule has 0 atom stereocenters. The fourth-order valence-corrected chi connectivity index (χ4v) is 2.28. The number of thiophene rings is 1. The van der Waals surface area contributed by atoms with Gasteiger partial charge in [0.1, 0.15) is 0 Å². The van der Waals surface area contributed by atoms with Gasteiger partial charge in [-0.15, -0.1) is 11.3 Å². The minimum Gasteiger partial charge on any atom is -0.288 e. The van der Waals surface area contributed by atoms with E-state index < -0.39 is 17.9 Å². The van der Waals surface area contributed by atoms with Crippen LogP contribution in [0.15, 0.2) is 60.1 Å². The molecule has 0 saturated heterocycles. The van der Waals surface area contributed by atoms with Gasteiger partial charge in [0.25, 0.3) is 0 Å². The fourth-order valence-electron chi connectivity index (χ4n) is 1.64. The maximum absolute atomic E-state index is 12.7. The van der Waals surface area contributed by atoms with Gasteiger partial charge >= 0.3 is 12.1 Å². The Balaban J connectivity index is 2.29. The average molecular weight is 325 g/mol. The van der Waals surface area contributed by atoms with Gasteiger partial charge in [-0.1, -0.05) is 24.3 Å². The lowest BCUT2D eigenvalue weighted by Crippen LogP contribution is -2.37. The first-order valence-corrected chi connectivity index (χ1v) is 6.99. The van der Waals surface area contributed by atoms with E-state index in [2.05, 4.69) is 0 Å². The maximum Gasteiger partial charge on any atom is 0.472 e. The number of anilines is 1. The highest BCUT2D eigenvalue weighted by molar-refractivity contribution is 7.12. The molecule has 0 aliphatic carbocycles. The quantitative estimate of drug-likeness (QED) is 0.628. The van der Waals surface area contributed by atoms with Crippen molar-refractivity contribution < 1.29 is 22.8 Å². The summed E-state index contributed by atoms with van der Waals surface area (Å²) in [5.41, 5.74) is 0.0278. The summed E-state index contributed by atoms with van der Waals surface area (Å²) in [6.45, 7) is 0. The lowest BCUT2D eigenvalue weighted by molar-refractivity contribution is -0.169. The molecule has 1 heterocycles. The fraction of sp³-hybridized carbons (Fsp3) is 0.0667. The molecule has 0 saturated carbocycles. The van der Waals surface area contributed by atoms with Crippen molar-refractivity contribution in [2.75, 3.05) is 4.90 Å². The molecule has 0 fully saturated rings. The number of para-hydroxylation sites is 1. The lowest BCUT2D eigenvalue weighted by Gasteiger charge is -2.19. The Morgan fingerprint density at radius 3 is 2.27 bits per heavy atom. The summed E-state index contributed by atoms with van der Waals surface area (Å²) in [6, 6.07) is 10.5. The smallest absolute Gasteiger partial charge is 0.288 e. The van der Waals surface area contributed by atoms with E-state index in [0.29, 0.717) is 9.78 Å². The van der Waals surface area contributed by atoms with E-state index in [1.165, 1.54) is 35.6 Å². The summed E-state index contributed by atoms with van der Waals surface area (Å²) in [6.07, 6.45) is -3.25. The van der Waals surface area contributed by atoms with Crippen LogP contribution in [-0.2, 0) is 4.79 Å². The zero-order valence-corrected chi connectivity index (χ0v) is 11.9. The molecular weight excluding hydrogens is 315 g/mol. The standard InChI is InChI=1S/C15H10F3NO2S/c16-15(17,18)14(21)19(11-5-2-1-3-6-11)9-8-12(20)13-7-4-10-22-13/h1-10H/b9-8+. The van der Waals surface area contributed by atoms with Crippen molar-refractivity contribution in [2.24, 2.45) is 0 Å². The van der Waals surface area contributed by atoms with Crippen LogP contribution in [0.25, 0.3) is 0 Å². The van der Waals surface area contributed by atoms with Gasteiger partial charge in [-0.05, 0) is 23.6 Å². The van der Waals surface area contributed by atoms with Crippen molar-refractivity contribution in [1.82, 2.24) is 0 Å². The van der Waals surface area contributed by atoms with Gasteiger partial charge in [-0.25, -0.2) is 0 Å². The van der Waals surface area contributed by atoms with E-state index in [9.17, 15) is 22.8 Å². The van der Waals surface area contributed by atoms with Crippen LogP contribution in [-0.4, -0.2) is 17.9 Å². The van der Waals surface area contributed by atoms with Crippen molar-refractivity contribution in [3.8, 4) is 0 Å². The molecule has 0 aliphatic heterocycles. The number of nitrogens with zero attached hydrogens (tertiary/aromatic N) is 1. The van der Waals surface area contributed by atoms with Crippen LogP contribution < -0.4 is 4.90 Å². The molecule has 0 spiro atoms. The third-order valence-corrected chi connectivity index (χ3v) is 3.52. The van der Waals surface area contributed by atoms with Gasteiger partial charge in [0.2, 0.25) is 0 Å². The highest BCUT2D eigenvalue weighted by atomic mass is 32.1. The van der Waals surface area contributed by atoms with Gasteiger partial charge in [0.15, 0.2) is 5.78 Å². The molecule has 22 heavy (non-hydrogen) atoms. The zero-order chi connectivity index (χ0) is 16.2. The third kappa shape index (κ3) is 3.82. The van der Waals surface area contributed by atoms with Crippen LogP contribution >= 0.6 is 11.3 Å². The summed E-state index contributed by atoms with van der Waals surface area (Å²) in [5, 5.41) is 1.68. The number of allylic oxidation sites excluding steroid dienone is 1. The minimum atomic E-state index is -5.04. The molecule has 0 radical (unpaired) electrons. The van der Waals surface area contributed by atoms with Crippen molar-refractivity contribution in [3.63, 3.8) is 0 Å². The van der Waals surface area contributed by atoms with E-state index in [0.717, 1.165) is 12.3 Å². The van der Waals surface area contributed by atoms with Gasteiger partial charge in [0.05, 0.1) is 4.88 Å². The molecule has 114 valence electrons. The van der Waals surface area contributed by atoms with E-state index in [-0.39, 0.29) is 5.69 Å². The maximum atomic E-state index is 12.7. The number of ketones is 1. The largest absolute Gasteiger partial charge is 0.472 e. The topological polar surface area (TPSA) is 37.4 Å². The molecule has 0 bridgehead atoms. The Bertz CT molecular complexity index is 679. The number of amides is 1. The number of hydrogen-bond donors (Lipinski definition) is 0. The summed E-state index contributed by atoms with van der Waals surface area (Å²) >= 11 is 1.17. The average Bonchev–Trinajstić information content (AvgIpc) is 3.01. The minimum absolute atomic E-state index is 0.0278. The number of alkyl halides is 3. The normalized spacial score (nSPS) is 11.6. The molecule has 1 aromatic carbocycles. The van der Waals surface area contributed by atoms with Crippen LogP contribution in [0, 0.1) is 0 Å². The van der Waals surface area contributed by atoms with E-state index in [1.54, 1.807) is 23.6 Å². The summed E-state index contributed by atoms with van der Waals surface area (Å²) in [7, 11) is 0. The second-order valence-corrected chi connectivity index (χ2v) is 5.11. The first kappa shape index (κ1) is 16.0. The van der Waals surface area contributed by atoms with Gasteiger partial charge in [-0.3, -0.25) is 14.5 Å². The molecular formula is C15H10F3NO2S. The monoisotopic (exact) mass is 325 g/mol. The zero-order valence-electron chi connectivity index (χ0n) is 11.1. The van der Waals surface area contributed by atoms with Crippen LogP contribution in [0.5, 0.6) is 0 Å². The molecule has 3 nitrogen and oxygen atoms in total. The predicted molar refractivity (Wildman–Crippen MR) is 77.8 cm³/mol. The highest BCUT2D eigenvalue weighted by Gasteiger charge is 2.42. The van der Waals surface area contributed by atoms with Crippen LogP contribution in [0.2, 0.25) is 0 Å². The summed E-state index contributed by atoms with van der Waals surface area (Å²) in [4.78, 5) is 24.1. The Labute approximate surface area is 128 Å². The molecule has 0 N–H and O–H groups in total. The van der Waals surface area contributed by atoms with E-state index in [1.807, 2.05) is 0 Å². The van der Waals surface area contributed by atoms with Crippen LogP contribution in [0.3, 0.4) is 0 Å². The number of rotatable bonds is 4. The lowest BCUT2D eigenvalue weighted by atomic mass is 10.2. The second-order valence-electron chi connectivity index (χ2n) is 4.17. The molecule has 2 rings (SSSR count). The van der Waals surface area contributed by atoms with E-state index in [4.69, 9.17) is 0 Å². The number of hydrogen-bond acceptors (Lipinski definition) is 3. The van der Waals surface area contributed by atoms with Gasteiger partial charge < -0.3 is 0 Å². The van der Waals surface area contributed by atoms with Gasteiger partial charge in [0, 0.05) is 18.0 Å². The van der Waals surface area contributed by atoms with Crippen LogP contribution in [0.1, 0.15) is 9.67 Å². The Morgan fingerprint density at radius 1 is 1.05 bits per heavy atom.